The van der Waals surface area contributed by atoms with Crippen molar-refractivity contribution in [2.75, 3.05) is 4.90 Å². The molecule has 1 aliphatic carbocycles. The summed E-state index contributed by atoms with van der Waals surface area (Å²) in [6.07, 6.45) is 0. The normalized spacial score (nSPS) is 13.0. The number of para-hydroxylation sites is 3. The lowest BCUT2D eigenvalue weighted by Gasteiger charge is -2.28. The second kappa shape index (κ2) is 14.4. The third-order valence-electron chi connectivity index (χ3n) is 14.5. The minimum Gasteiger partial charge on any atom is -0.310 e. The molecule has 0 radical (unpaired) electrons. The Labute approximate surface area is 392 Å². The number of thiophene rings is 1. The molecular formula is C63H43N3S. The van der Waals surface area contributed by atoms with Crippen molar-refractivity contribution in [1.82, 2.24) is 9.13 Å². The Balaban J connectivity index is 1.01. The third-order valence-corrected chi connectivity index (χ3v) is 15.7. The highest BCUT2D eigenvalue weighted by atomic mass is 32.1. The number of nitrogens with zero attached hydrogens (tertiary/aromatic N) is 3. The summed E-state index contributed by atoms with van der Waals surface area (Å²) in [5.74, 6) is 0. The number of anilines is 3. The summed E-state index contributed by atoms with van der Waals surface area (Å²) < 4.78 is 7.53. The summed E-state index contributed by atoms with van der Waals surface area (Å²) in [4.78, 5) is 2.47. The summed E-state index contributed by atoms with van der Waals surface area (Å²) >= 11 is 1.88. The molecule has 0 saturated carbocycles. The molecule has 1 aliphatic rings. The molecule has 14 rings (SSSR count). The van der Waals surface area contributed by atoms with Gasteiger partial charge in [-0.3, -0.25) is 0 Å². The van der Waals surface area contributed by atoms with Crippen molar-refractivity contribution in [2.45, 2.75) is 19.3 Å². The van der Waals surface area contributed by atoms with Gasteiger partial charge in [0.1, 0.15) is 0 Å². The zero-order valence-corrected chi connectivity index (χ0v) is 37.9. The van der Waals surface area contributed by atoms with E-state index < -0.39 is 0 Å². The maximum absolute atomic E-state index is 2.47. The number of fused-ring (bicyclic) bond motifs is 12. The van der Waals surface area contributed by atoms with E-state index in [4.69, 9.17) is 0 Å². The van der Waals surface area contributed by atoms with Gasteiger partial charge in [0.15, 0.2) is 0 Å². The van der Waals surface area contributed by atoms with Gasteiger partial charge in [-0.15, -0.1) is 11.3 Å². The molecule has 0 unspecified atom stereocenters. The third kappa shape index (κ3) is 5.63. The first-order valence-electron chi connectivity index (χ1n) is 23.2. The zero-order valence-electron chi connectivity index (χ0n) is 37.1. The van der Waals surface area contributed by atoms with Crippen molar-refractivity contribution in [3.05, 3.63) is 236 Å². The van der Waals surface area contributed by atoms with E-state index in [2.05, 4.69) is 252 Å². The Morgan fingerprint density at radius 3 is 1.66 bits per heavy atom. The minimum absolute atomic E-state index is 0.143. The Morgan fingerprint density at radius 2 is 0.896 bits per heavy atom. The lowest BCUT2D eigenvalue weighted by molar-refractivity contribution is 0.660. The van der Waals surface area contributed by atoms with E-state index in [1.807, 2.05) is 11.3 Å². The van der Waals surface area contributed by atoms with Crippen LogP contribution in [0, 0.1) is 0 Å². The fourth-order valence-corrected chi connectivity index (χ4v) is 12.6. The lowest BCUT2D eigenvalue weighted by atomic mass is 9.82. The molecule has 0 atom stereocenters. The molecule has 13 aromatic rings. The van der Waals surface area contributed by atoms with E-state index in [0.29, 0.717) is 0 Å². The first-order valence-corrected chi connectivity index (χ1v) is 24.0. The molecule has 3 aromatic heterocycles. The van der Waals surface area contributed by atoms with E-state index in [0.717, 1.165) is 28.4 Å². The van der Waals surface area contributed by atoms with Crippen molar-refractivity contribution in [3.8, 4) is 33.6 Å². The van der Waals surface area contributed by atoms with Crippen LogP contribution in [0.15, 0.2) is 224 Å². The predicted molar refractivity (Wildman–Crippen MR) is 286 cm³/mol. The second-order valence-corrected chi connectivity index (χ2v) is 19.6. The molecule has 0 aliphatic heterocycles. The molecule has 3 heterocycles. The van der Waals surface area contributed by atoms with E-state index in [1.54, 1.807) is 0 Å². The Kier molecular flexibility index (Phi) is 8.20. The van der Waals surface area contributed by atoms with Crippen LogP contribution in [0.3, 0.4) is 0 Å². The molecule has 0 amide bonds. The molecule has 0 spiro atoms. The summed E-state index contributed by atoms with van der Waals surface area (Å²) in [7, 11) is 0. The zero-order chi connectivity index (χ0) is 44.4. The lowest BCUT2D eigenvalue weighted by Crippen LogP contribution is -2.16. The van der Waals surface area contributed by atoms with Crippen LogP contribution in [0.25, 0.3) is 97.4 Å². The van der Waals surface area contributed by atoms with Gasteiger partial charge in [-0.1, -0.05) is 147 Å². The summed E-state index contributed by atoms with van der Waals surface area (Å²) in [6.45, 7) is 4.74. The number of rotatable bonds is 6. The van der Waals surface area contributed by atoms with Crippen LogP contribution >= 0.6 is 11.3 Å². The fraction of sp³-hybridized carbons (Fsp3) is 0.0476. The Morgan fingerprint density at radius 1 is 0.358 bits per heavy atom. The molecular weight excluding hydrogens is 831 g/mol. The van der Waals surface area contributed by atoms with Gasteiger partial charge in [-0.05, 0) is 124 Å². The van der Waals surface area contributed by atoms with Crippen LogP contribution in [0.5, 0.6) is 0 Å². The monoisotopic (exact) mass is 873 g/mol. The average Bonchev–Trinajstić information content (AvgIpc) is 4.09. The highest BCUT2D eigenvalue weighted by Gasteiger charge is 2.36. The summed E-state index contributed by atoms with van der Waals surface area (Å²) in [6, 6.07) is 83.2. The quantitative estimate of drug-likeness (QED) is 0.162. The molecule has 67 heavy (non-hydrogen) atoms. The van der Waals surface area contributed by atoms with Crippen LogP contribution in [-0.2, 0) is 5.41 Å². The number of aromatic nitrogens is 2. The maximum atomic E-state index is 2.47. The van der Waals surface area contributed by atoms with Crippen LogP contribution in [-0.4, -0.2) is 9.13 Å². The highest BCUT2D eigenvalue weighted by Crippen LogP contribution is 2.51. The van der Waals surface area contributed by atoms with Gasteiger partial charge in [0, 0.05) is 75.6 Å². The van der Waals surface area contributed by atoms with E-state index >= 15 is 0 Å². The first-order chi connectivity index (χ1) is 33.0. The highest BCUT2D eigenvalue weighted by molar-refractivity contribution is 7.26. The van der Waals surface area contributed by atoms with Gasteiger partial charge < -0.3 is 14.0 Å². The van der Waals surface area contributed by atoms with Crippen LogP contribution in [0.1, 0.15) is 25.0 Å². The number of hydrogen-bond acceptors (Lipinski definition) is 2. The molecule has 4 heteroatoms. The molecule has 0 saturated heterocycles. The fourth-order valence-electron chi connectivity index (χ4n) is 11.4. The Bertz CT molecular complexity index is 4110. The van der Waals surface area contributed by atoms with E-state index in [1.165, 1.54) is 97.2 Å². The van der Waals surface area contributed by atoms with E-state index in [-0.39, 0.29) is 5.41 Å². The van der Waals surface area contributed by atoms with Gasteiger partial charge in [0.25, 0.3) is 0 Å². The molecule has 0 bridgehead atoms. The largest absolute Gasteiger partial charge is 0.310 e. The molecule has 0 N–H and O–H groups in total. The molecule has 0 fully saturated rings. The smallest absolute Gasteiger partial charge is 0.0548 e. The van der Waals surface area contributed by atoms with Gasteiger partial charge in [-0.25, -0.2) is 0 Å². The molecule has 3 nitrogen and oxygen atoms in total. The van der Waals surface area contributed by atoms with Crippen LogP contribution < -0.4 is 4.90 Å². The molecule has 316 valence electrons. The average molecular weight is 874 g/mol. The summed E-state index contributed by atoms with van der Waals surface area (Å²) in [5, 5.41) is 7.53. The van der Waals surface area contributed by atoms with Crippen LogP contribution in [0.4, 0.5) is 17.1 Å². The van der Waals surface area contributed by atoms with Crippen molar-refractivity contribution in [1.29, 1.82) is 0 Å². The predicted octanol–water partition coefficient (Wildman–Crippen LogP) is 17.7. The summed E-state index contributed by atoms with van der Waals surface area (Å²) in [5.41, 5.74) is 18.1. The van der Waals surface area contributed by atoms with Gasteiger partial charge in [-0.2, -0.15) is 0 Å². The van der Waals surface area contributed by atoms with Crippen molar-refractivity contribution >= 4 is 92.2 Å². The molecule has 10 aromatic carbocycles. The van der Waals surface area contributed by atoms with E-state index in [9.17, 15) is 0 Å². The van der Waals surface area contributed by atoms with Crippen molar-refractivity contribution in [2.24, 2.45) is 0 Å². The standard InChI is InChI=1S/C63H43N3S/c1-63(2)55-25-12-9-20-47(55)48-34-32-45(37-56(48)63)64(43-30-28-40(29-31-43)46-23-15-24-51-50-22-11-14-27-61(50)67-62(46)51)44-33-35-58-52(36-44)54-39-59-53(38-60(54)66(58)42-18-7-4-8-19-42)49-21-10-13-26-57(49)65(59)41-16-5-3-6-17-41/h3-39H,1-2H3. The topological polar surface area (TPSA) is 13.1 Å². The number of benzene rings is 10. The maximum Gasteiger partial charge on any atom is 0.0548 e. The SMILES string of the molecule is CC1(C)c2ccccc2-c2ccc(N(c3ccc(-c4cccc5c4sc4ccccc45)cc3)c3ccc4c(c3)c3cc5c(cc3n4-c3ccccc3)c3ccccc3n5-c3ccccc3)cc21. The van der Waals surface area contributed by atoms with Crippen LogP contribution in [0.2, 0.25) is 0 Å². The number of hydrogen-bond donors (Lipinski definition) is 0. The van der Waals surface area contributed by atoms with Gasteiger partial charge in [0.2, 0.25) is 0 Å². The van der Waals surface area contributed by atoms with Gasteiger partial charge >= 0.3 is 0 Å². The first kappa shape index (κ1) is 38.1. The van der Waals surface area contributed by atoms with Crippen molar-refractivity contribution < 1.29 is 0 Å². The minimum atomic E-state index is -0.143. The van der Waals surface area contributed by atoms with Gasteiger partial charge in [0.05, 0.1) is 22.1 Å². The second-order valence-electron chi connectivity index (χ2n) is 18.5. The van der Waals surface area contributed by atoms with Crippen molar-refractivity contribution in [3.63, 3.8) is 0 Å². The Hall–Kier alpha value is -8.18.